The van der Waals surface area contributed by atoms with E-state index >= 15 is 0 Å². The number of para-hydroxylation sites is 1. The lowest BCUT2D eigenvalue weighted by Crippen LogP contribution is -2.49. The van der Waals surface area contributed by atoms with E-state index in [1.54, 1.807) is 24.5 Å². The van der Waals surface area contributed by atoms with Crippen molar-refractivity contribution in [3.8, 4) is 5.75 Å². The monoisotopic (exact) mass is 365 g/mol. The summed E-state index contributed by atoms with van der Waals surface area (Å²) >= 11 is 0. The van der Waals surface area contributed by atoms with Crippen molar-refractivity contribution in [2.45, 2.75) is 18.9 Å². The first-order chi connectivity index (χ1) is 13.2. The number of hydrogen-bond acceptors (Lipinski definition) is 4. The number of nitrogens with zero attached hydrogens (tertiary/aromatic N) is 3. The Bertz CT molecular complexity index is 797. The van der Waals surface area contributed by atoms with Crippen LogP contribution < -0.4 is 4.74 Å². The first-order valence-corrected chi connectivity index (χ1v) is 9.37. The number of pyridine rings is 1. The lowest BCUT2D eigenvalue weighted by atomic mass is 9.95. The molecule has 4 heterocycles. The van der Waals surface area contributed by atoms with Crippen molar-refractivity contribution >= 4 is 11.8 Å². The second-order valence-corrected chi connectivity index (χ2v) is 7.19. The molecule has 0 unspecified atom stereocenters. The van der Waals surface area contributed by atoms with E-state index in [1.807, 2.05) is 40.1 Å². The van der Waals surface area contributed by atoms with Crippen molar-refractivity contribution in [2.24, 2.45) is 5.92 Å². The van der Waals surface area contributed by atoms with E-state index in [1.165, 1.54) is 0 Å². The van der Waals surface area contributed by atoms with Gasteiger partial charge in [-0.05, 0) is 43.0 Å². The van der Waals surface area contributed by atoms with E-state index in [9.17, 15) is 9.59 Å². The van der Waals surface area contributed by atoms with E-state index < -0.39 is 0 Å². The fourth-order valence-corrected chi connectivity index (χ4v) is 3.97. The summed E-state index contributed by atoms with van der Waals surface area (Å²) in [6.07, 6.45) is 5.25. The maximum Gasteiger partial charge on any atom is 0.260 e. The van der Waals surface area contributed by atoms with Crippen molar-refractivity contribution in [3.63, 3.8) is 0 Å². The van der Waals surface area contributed by atoms with Gasteiger partial charge in [-0.1, -0.05) is 18.2 Å². The van der Waals surface area contributed by atoms with Gasteiger partial charge < -0.3 is 14.5 Å². The van der Waals surface area contributed by atoms with Crippen LogP contribution in [0.15, 0.2) is 54.9 Å². The van der Waals surface area contributed by atoms with Gasteiger partial charge in [-0.25, -0.2) is 0 Å². The topological polar surface area (TPSA) is 62.7 Å². The van der Waals surface area contributed by atoms with Crippen LogP contribution >= 0.6 is 0 Å². The minimum Gasteiger partial charge on any atom is -0.484 e. The third kappa shape index (κ3) is 3.94. The summed E-state index contributed by atoms with van der Waals surface area (Å²) in [7, 11) is 0. The van der Waals surface area contributed by atoms with Crippen LogP contribution in [0.2, 0.25) is 0 Å². The number of carbonyl (C=O) groups excluding carboxylic acids is 2. The summed E-state index contributed by atoms with van der Waals surface area (Å²) in [6.45, 7) is 2.00. The molecule has 0 aliphatic carbocycles. The molecule has 0 spiro atoms. The quantitative estimate of drug-likeness (QED) is 0.834. The zero-order valence-corrected chi connectivity index (χ0v) is 15.2. The highest BCUT2D eigenvalue weighted by Gasteiger charge is 2.38. The zero-order valence-electron chi connectivity index (χ0n) is 15.2. The van der Waals surface area contributed by atoms with E-state index in [4.69, 9.17) is 4.74 Å². The molecule has 0 saturated carbocycles. The van der Waals surface area contributed by atoms with E-state index in [-0.39, 0.29) is 24.5 Å². The number of piperidine rings is 1. The third-order valence-electron chi connectivity index (χ3n) is 5.35. The van der Waals surface area contributed by atoms with Crippen LogP contribution in [-0.2, 0) is 4.79 Å². The van der Waals surface area contributed by atoms with Crippen LogP contribution in [0, 0.1) is 5.92 Å². The summed E-state index contributed by atoms with van der Waals surface area (Å²) in [5, 5.41) is 0. The lowest BCUT2D eigenvalue weighted by molar-refractivity contribution is -0.137. The molecule has 0 N–H and O–H groups in total. The molecule has 2 amide bonds. The molecule has 140 valence electrons. The zero-order chi connectivity index (χ0) is 18.6. The molecular weight excluding hydrogens is 342 g/mol. The van der Waals surface area contributed by atoms with E-state index in [0.29, 0.717) is 36.9 Å². The van der Waals surface area contributed by atoms with Gasteiger partial charge >= 0.3 is 0 Å². The lowest BCUT2D eigenvalue weighted by Gasteiger charge is -2.36. The maximum atomic E-state index is 12.8. The molecule has 3 aliphatic rings. The Kier molecular flexibility index (Phi) is 5.05. The average Bonchev–Trinajstić information content (AvgIpc) is 3.05. The molecule has 1 aromatic heterocycles. The van der Waals surface area contributed by atoms with Gasteiger partial charge in [-0.2, -0.15) is 0 Å². The Balaban J connectivity index is 1.42. The second-order valence-electron chi connectivity index (χ2n) is 7.19. The third-order valence-corrected chi connectivity index (χ3v) is 5.35. The predicted molar refractivity (Wildman–Crippen MR) is 100 cm³/mol. The number of hydrogen-bond donors (Lipinski definition) is 0. The standard InChI is InChI=1S/C21H23N3O3/c25-20(15-27-19-4-2-1-3-5-19)24-13-16-6-7-18(24)14-23(12-16)21(26)17-8-10-22-11-9-17/h1-5,8-11,16,18H,6-7,12-15H2/t16-,18+/m0/s1. The van der Waals surface area contributed by atoms with Crippen molar-refractivity contribution in [2.75, 3.05) is 26.2 Å². The Morgan fingerprint density at radius 3 is 2.56 bits per heavy atom. The van der Waals surface area contributed by atoms with Crippen LogP contribution in [-0.4, -0.2) is 58.9 Å². The van der Waals surface area contributed by atoms with Crippen molar-refractivity contribution in [3.05, 3.63) is 60.4 Å². The smallest absolute Gasteiger partial charge is 0.260 e. The molecule has 2 bridgehead atoms. The Morgan fingerprint density at radius 1 is 1.00 bits per heavy atom. The Labute approximate surface area is 158 Å². The number of benzene rings is 1. The van der Waals surface area contributed by atoms with Gasteiger partial charge in [0.05, 0.1) is 0 Å². The van der Waals surface area contributed by atoms with Gasteiger partial charge in [0.15, 0.2) is 6.61 Å². The number of rotatable bonds is 4. The molecule has 6 heteroatoms. The van der Waals surface area contributed by atoms with Crippen LogP contribution in [0.4, 0.5) is 0 Å². The molecule has 2 atom stereocenters. The predicted octanol–water partition coefficient (Wildman–Crippen LogP) is 2.22. The molecule has 0 radical (unpaired) electrons. The average molecular weight is 365 g/mol. The van der Waals surface area contributed by atoms with Gasteiger partial charge in [0.1, 0.15) is 5.75 Å². The molecule has 3 aliphatic heterocycles. The highest BCUT2D eigenvalue weighted by Crippen LogP contribution is 2.29. The maximum absolute atomic E-state index is 12.8. The second kappa shape index (κ2) is 7.78. The van der Waals surface area contributed by atoms with Crippen molar-refractivity contribution in [1.82, 2.24) is 14.8 Å². The van der Waals surface area contributed by atoms with E-state index in [2.05, 4.69) is 4.98 Å². The Morgan fingerprint density at radius 2 is 1.78 bits per heavy atom. The molecule has 27 heavy (non-hydrogen) atoms. The number of carbonyl (C=O) groups is 2. The summed E-state index contributed by atoms with van der Waals surface area (Å²) in [5.74, 6) is 1.02. The van der Waals surface area contributed by atoms with Crippen molar-refractivity contribution in [1.29, 1.82) is 0 Å². The first kappa shape index (κ1) is 17.5. The molecule has 5 rings (SSSR count). The largest absolute Gasteiger partial charge is 0.484 e. The Hall–Kier alpha value is -2.89. The van der Waals surface area contributed by atoms with Crippen LogP contribution in [0.1, 0.15) is 23.2 Å². The fraction of sp³-hybridized carbons (Fsp3) is 0.381. The number of ether oxygens (including phenoxy) is 1. The van der Waals surface area contributed by atoms with Gasteiger partial charge in [0.2, 0.25) is 0 Å². The van der Waals surface area contributed by atoms with E-state index in [0.717, 1.165) is 12.8 Å². The highest BCUT2D eigenvalue weighted by atomic mass is 16.5. The normalized spacial score (nSPS) is 21.6. The first-order valence-electron chi connectivity index (χ1n) is 9.37. The number of fused-ring (bicyclic) bond motifs is 4. The molecule has 2 aromatic rings. The molecular formula is C21H23N3O3. The minimum absolute atomic E-state index is 0.00763. The molecule has 3 fully saturated rings. The fourth-order valence-electron chi connectivity index (χ4n) is 3.97. The van der Waals surface area contributed by atoms with Gasteiger partial charge in [0.25, 0.3) is 11.8 Å². The minimum atomic E-state index is -0.00763. The van der Waals surface area contributed by atoms with Gasteiger partial charge in [-0.15, -0.1) is 0 Å². The number of aromatic nitrogens is 1. The van der Waals surface area contributed by atoms with Gasteiger partial charge in [-0.3, -0.25) is 14.6 Å². The van der Waals surface area contributed by atoms with Gasteiger partial charge in [0, 0.05) is 43.6 Å². The summed E-state index contributed by atoms with van der Waals surface area (Å²) in [6, 6.07) is 12.9. The van der Waals surface area contributed by atoms with Crippen LogP contribution in [0.5, 0.6) is 5.75 Å². The summed E-state index contributed by atoms with van der Waals surface area (Å²) in [4.78, 5) is 33.4. The molecule has 6 nitrogen and oxygen atoms in total. The molecule has 1 aromatic carbocycles. The van der Waals surface area contributed by atoms with Crippen LogP contribution in [0.3, 0.4) is 0 Å². The molecule has 3 saturated heterocycles. The summed E-state index contributed by atoms with van der Waals surface area (Å²) < 4.78 is 5.63. The highest BCUT2D eigenvalue weighted by molar-refractivity contribution is 5.94. The van der Waals surface area contributed by atoms with Crippen LogP contribution in [0.25, 0.3) is 0 Å². The summed E-state index contributed by atoms with van der Waals surface area (Å²) in [5.41, 5.74) is 0.650. The number of amides is 2. The SMILES string of the molecule is O=C(c1ccncc1)N1C[C@@H]2CC[C@H](C1)N(C(=O)COc1ccccc1)C2. The van der Waals surface area contributed by atoms with Crippen molar-refractivity contribution < 1.29 is 14.3 Å².